The number of likely N-dealkylation sites (N-methyl/N-ethyl adjacent to an activating group) is 1. The first-order valence-corrected chi connectivity index (χ1v) is 10.8. The summed E-state index contributed by atoms with van der Waals surface area (Å²) in [6.07, 6.45) is 9.48. The third kappa shape index (κ3) is 3.45. The number of carbonyl (C=O) groups excluding carboxylic acids is 3. The molecular formula is C23H29N3O3. The van der Waals surface area contributed by atoms with Gasteiger partial charge in [0, 0.05) is 12.2 Å². The summed E-state index contributed by atoms with van der Waals surface area (Å²) in [6, 6.07) is 7.39. The second-order valence-corrected chi connectivity index (χ2v) is 8.17. The summed E-state index contributed by atoms with van der Waals surface area (Å²) in [4.78, 5) is 42.2. The summed E-state index contributed by atoms with van der Waals surface area (Å²) < 4.78 is 0. The lowest BCUT2D eigenvalue weighted by molar-refractivity contribution is -0.138. The van der Waals surface area contributed by atoms with E-state index in [0.717, 1.165) is 66.7 Å². The van der Waals surface area contributed by atoms with Gasteiger partial charge in [0.1, 0.15) is 12.1 Å². The van der Waals surface area contributed by atoms with E-state index in [1.165, 1.54) is 0 Å². The molecule has 3 aliphatic rings. The van der Waals surface area contributed by atoms with Crippen LogP contribution in [0.5, 0.6) is 0 Å². The van der Waals surface area contributed by atoms with Gasteiger partial charge in [0.25, 0.3) is 5.91 Å². The lowest BCUT2D eigenvalue weighted by Crippen LogP contribution is -2.46. The van der Waals surface area contributed by atoms with Crippen molar-refractivity contribution in [3.05, 3.63) is 47.2 Å². The van der Waals surface area contributed by atoms with Gasteiger partial charge in [-0.3, -0.25) is 14.5 Å². The Morgan fingerprint density at radius 2 is 1.93 bits per heavy atom. The molecule has 1 atom stereocenters. The minimum Gasteiger partial charge on any atom is -0.319 e. The standard InChI is InChI=1S/C23H29N3O3/c1-2-25(18-12-4-3-5-13-18)20(27)16-26-21(28)23(24-22(26)29)15-9-8-11-17-10-6-7-14-19(17)23/h6-7,10,12,14H,2-5,8-9,11,13,15-16H2,1H3,(H,24,29)/t23-/m1/s1. The number of imide groups is 1. The van der Waals surface area contributed by atoms with Gasteiger partial charge in [0.15, 0.2) is 0 Å². The number of rotatable bonds is 4. The van der Waals surface area contributed by atoms with E-state index in [9.17, 15) is 14.4 Å². The zero-order valence-electron chi connectivity index (χ0n) is 17.1. The lowest BCUT2D eigenvalue weighted by Gasteiger charge is -2.29. The minimum atomic E-state index is -1.04. The molecule has 2 aliphatic carbocycles. The molecule has 1 spiro atoms. The maximum Gasteiger partial charge on any atom is 0.325 e. The minimum absolute atomic E-state index is 0.192. The third-order valence-electron chi connectivity index (χ3n) is 6.43. The number of allylic oxidation sites excluding steroid dienone is 2. The average Bonchev–Trinajstić information content (AvgIpc) is 2.88. The topological polar surface area (TPSA) is 69.7 Å². The number of nitrogens with zero attached hydrogens (tertiary/aromatic N) is 2. The molecule has 4 amide bonds. The fourth-order valence-corrected chi connectivity index (χ4v) is 4.94. The highest BCUT2D eigenvalue weighted by Gasteiger charge is 2.53. The monoisotopic (exact) mass is 395 g/mol. The Bertz CT molecular complexity index is 863. The highest BCUT2D eigenvalue weighted by atomic mass is 16.2. The molecule has 1 fully saturated rings. The smallest absolute Gasteiger partial charge is 0.319 e. The maximum absolute atomic E-state index is 13.5. The van der Waals surface area contributed by atoms with Crippen LogP contribution in [-0.2, 0) is 21.5 Å². The number of fused-ring (bicyclic) bond motifs is 2. The summed E-state index contributed by atoms with van der Waals surface area (Å²) >= 11 is 0. The quantitative estimate of drug-likeness (QED) is 0.794. The molecule has 0 bridgehead atoms. The van der Waals surface area contributed by atoms with Crippen molar-refractivity contribution in [2.75, 3.05) is 13.1 Å². The number of amides is 4. The van der Waals surface area contributed by atoms with Gasteiger partial charge in [-0.15, -0.1) is 0 Å². The summed E-state index contributed by atoms with van der Waals surface area (Å²) in [5.41, 5.74) is 1.97. The molecule has 1 N–H and O–H groups in total. The van der Waals surface area contributed by atoms with Gasteiger partial charge in [0.05, 0.1) is 0 Å². The predicted molar refractivity (Wildman–Crippen MR) is 110 cm³/mol. The molecule has 1 aromatic rings. The van der Waals surface area contributed by atoms with E-state index in [-0.39, 0.29) is 18.4 Å². The van der Waals surface area contributed by atoms with Crippen molar-refractivity contribution < 1.29 is 14.4 Å². The second kappa shape index (κ2) is 8.01. The van der Waals surface area contributed by atoms with Crippen LogP contribution in [0.2, 0.25) is 0 Å². The number of nitrogens with one attached hydrogen (secondary N) is 1. The number of carbonyl (C=O) groups is 3. The van der Waals surface area contributed by atoms with Crippen LogP contribution in [0.1, 0.15) is 63.0 Å². The largest absolute Gasteiger partial charge is 0.325 e. The average molecular weight is 396 g/mol. The Morgan fingerprint density at radius 1 is 1.14 bits per heavy atom. The van der Waals surface area contributed by atoms with Gasteiger partial charge in [-0.05, 0) is 69.4 Å². The van der Waals surface area contributed by atoms with Crippen molar-refractivity contribution in [3.8, 4) is 0 Å². The van der Waals surface area contributed by atoms with E-state index in [4.69, 9.17) is 0 Å². The van der Waals surface area contributed by atoms with Gasteiger partial charge >= 0.3 is 6.03 Å². The van der Waals surface area contributed by atoms with Crippen molar-refractivity contribution >= 4 is 17.8 Å². The second-order valence-electron chi connectivity index (χ2n) is 8.17. The molecule has 1 aromatic carbocycles. The molecule has 0 unspecified atom stereocenters. The molecule has 6 heteroatoms. The summed E-state index contributed by atoms with van der Waals surface area (Å²) in [6.45, 7) is 2.27. The number of urea groups is 1. The molecular weight excluding hydrogens is 366 g/mol. The molecule has 4 rings (SSSR count). The van der Waals surface area contributed by atoms with Crippen molar-refractivity contribution in [3.63, 3.8) is 0 Å². The number of aryl methyl sites for hydroxylation is 1. The van der Waals surface area contributed by atoms with Gasteiger partial charge < -0.3 is 10.2 Å². The fourth-order valence-electron chi connectivity index (χ4n) is 4.94. The van der Waals surface area contributed by atoms with Crippen molar-refractivity contribution in [2.45, 2.75) is 63.8 Å². The molecule has 1 aliphatic heterocycles. The van der Waals surface area contributed by atoms with E-state index in [1.807, 2.05) is 31.2 Å². The predicted octanol–water partition coefficient (Wildman–Crippen LogP) is 3.47. The van der Waals surface area contributed by atoms with Crippen molar-refractivity contribution in [1.29, 1.82) is 0 Å². The van der Waals surface area contributed by atoms with Gasteiger partial charge in [-0.1, -0.05) is 30.3 Å². The molecule has 0 saturated carbocycles. The summed E-state index contributed by atoms with van der Waals surface area (Å²) in [5, 5.41) is 2.96. The molecule has 0 aromatic heterocycles. The number of benzene rings is 1. The SMILES string of the molecule is CCN(C(=O)CN1C(=O)N[C@@]2(CCCCc3ccccc32)C1=O)C1=CCCCC1. The molecule has 6 nitrogen and oxygen atoms in total. The van der Waals surface area contributed by atoms with Crippen LogP contribution in [0.15, 0.2) is 36.0 Å². The number of hydrogen-bond donors (Lipinski definition) is 1. The van der Waals surface area contributed by atoms with Crippen molar-refractivity contribution in [1.82, 2.24) is 15.1 Å². The zero-order chi connectivity index (χ0) is 20.4. The first-order valence-electron chi connectivity index (χ1n) is 10.8. The Morgan fingerprint density at radius 3 is 2.69 bits per heavy atom. The Hall–Kier alpha value is -2.63. The van der Waals surface area contributed by atoms with Crippen LogP contribution in [0, 0.1) is 0 Å². The maximum atomic E-state index is 13.5. The molecule has 1 heterocycles. The Balaban J connectivity index is 1.59. The first-order chi connectivity index (χ1) is 14.1. The van der Waals surface area contributed by atoms with E-state index < -0.39 is 11.6 Å². The lowest BCUT2D eigenvalue weighted by atomic mass is 9.84. The Kier molecular flexibility index (Phi) is 5.43. The summed E-state index contributed by atoms with van der Waals surface area (Å²) in [5.74, 6) is -0.484. The van der Waals surface area contributed by atoms with E-state index in [2.05, 4.69) is 11.4 Å². The third-order valence-corrected chi connectivity index (χ3v) is 6.43. The Labute approximate surface area is 171 Å². The zero-order valence-corrected chi connectivity index (χ0v) is 17.1. The van der Waals surface area contributed by atoms with Gasteiger partial charge in [0.2, 0.25) is 5.91 Å². The highest BCUT2D eigenvalue weighted by Crippen LogP contribution is 2.39. The van der Waals surface area contributed by atoms with Crippen LogP contribution in [0.3, 0.4) is 0 Å². The normalized spacial score (nSPS) is 24.0. The van der Waals surface area contributed by atoms with E-state index in [1.54, 1.807) is 4.90 Å². The van der Waals surface area contributed by atoms with Crippen LogP contribution < -0.4 is 5.32 Å². The van der Waals surface area contributed by atoms with Crippen LogP contribution in [0.4, 0.5) is 4.79 Å². The van der Waals surface area contributed by atoms with Crippen LogP contribution in [-0.4, -0.2) is 40.7 Å². The fraction of sp³-hybridized carbons (Fsp3) is 0.522. The highest BCUT2D eigenvalue weighted by molar-refractivity contribution is 6.09. The summed E-state index contributed by atoms with van der Waals surface area (Å²) in [7, 11) is 0. The van der Waals surface area contributed by atoms with Gasteiger partial charge in [-0.2, -0.15) is 0 Å². The first kappa shape index (κ1) is 19.7. The molecule has 154 valence electrons. The van der Waals surface area contributed by atoms with Crippen molar-refractivity contribution in [2.24, 2.45) is 0 Å². The van der Waals surface area contributed by atoms with E-state index in [0.29, 0.717) is 13.0 Å². The van der Waals surface area contributed by atoms with Crippen LogP contribution in [0.25, 0.3) is 0 Å². The van der Waals surface area contributed by atoms with Crippen LogP contribution >= 0.6 is 0 Å². The molecule has 1 saturated heterocycles. The number of hydrogen-bond acceptors (Lipinski definition) is 3. The molecule has 0 radical (unpaired) electrons. The van der Waals surface area contributed by atoms with E-state index >= 15 is 0 Å². The van der Waals surface area contributed by atoms with Gasteiger partial charge in [-0.25, -0.2) is 4.79 Å². The molecule has 29 heavy (non-hydrogen) atoms.